The van der Waals surface area contributed by atoms with Crippen molar-refractivity contribution in [3.05, 3.63) is 41.6 Å². The predicted molar refractivity (Wildman–Crippen MR) is 60.8 cm³/mol. The SMILES string of the molecule is N#Cc1ccc(Nc2nc(N)ncc2F)c(F)c1. The highest BCUT2D eigenvalue weighted by Gasteiger charge is 2.09. The smallest absolute Gasteiger partial charge is 0.222 e. The second-order valence-corrected chi connectivity index (χ2v) is 3.36. The second kappa shape index (κ2) is 4.63. The van der Waals surface area contributed by atoms with E-state index in [9.17, 15) is 8.78 Å². The van der Waals surface area contributed by atoms with Crippen LogP contribution in [0.5, 0.6) is 0 Å². The van der Waals surface area contributed by atoms with Gasteiger partial charge in [-0.25, -0.2) is 13.8 Å². The normalized spacial score (nSPS) is 9.83. The predicted octanol–water partition coefficient (Wildman–Crippen LogP) is 1.95. The lowest BCUT2D eigenvalue weighted by atomic mass is 10.2. The minimum absolute atomic E-state index is 0.00833. The van der Waals surface area contributed by atoms with Crippen LogP contribution in [0.15, 0.2) is 24.4 Å². The van der Waals surface area contributed by atoms with E-state index in [0.717, 1.165) is 12.3 Å². The molecule has 18 heavy (non-hydrogen) atoms. The highest BCUT2D eigenvalue weighted by molar-refractivity contribution is 5.59. The molecule has 90 valence electrons. The first-order valence-corrected chi connectivity index (χ1v) is 4.85. The molecule has 1 heterocycles. The van der Waals surface area contributed by atoms with Crippen LogP contribution in [0.4, 0.5) is 26.2 Å². The first-order chi connectivity index (χ1) is 8.60. The molecule has 1 aromatic carbocycles. The van der Waals surface area contributed by atoms with E-state index in [0.29, 0.717) is 0 Å². The maximum absolute atomic E-state index is 13.5. The summed E-state index contributed by atoms with van der Waals surface area (Å²) < 4.78 is 26.9. The van der Waals surface area contributed by atoms with E-state index in [1.165, 1.54) is 12.1 Å². The van der Waals surface area contributed by atoms with Crippen molar-refractivity contribution in [3.8, 4) is 6.07 Å². The van der Waals surface area contributed by atoms with Gasteiger partial charge in [-0.2, -0.15) is 10.2 Å². The zero-order valence-corrected chi connectivity index (χ0v) is 8.98. The van der Waals surface area contributed by atoms with Crippen molar-refractivity contribution in [2.45, 2.75) is 0 Å². The molecule has 0 aliphatic heterocycles. The Balaban J connectivity index is 2.34. The summed E-state index contributed by atoms with van der Waals surface area (Å²) in [5.41, 5.74) is 5.46. The van der Waals surface area contributed by atoms with Crippen LogP contribution in [0.25, 0.3) is 0 Å². The van der Waals surface area contributed by atoms with E-state index in [-0.39, 0.29) is 23.0 Å². The topological polar surface area (TPSA) is 87.6 Å². The van der Waals surface area contributed by atoms with E-state index in [1.54, 1.807) is 6.07 Å². The van der Waals surface area contributed by atoms with Crippen LogP contribution in [0.3, 0.4) is 0 Å². The van der Waals surface area contributed by atoms with Crippen molar-refractivity contribution in [1.82, 2.24) is 9.97 Å². The highest BCUT2D eigenvalue weighted by atomic mass is 19.1. The van der Waals surface area contributed by atoms with Gasteiger partial charge in [0.05, 0.1) is 23.5 Å². The van der Waals surface area contributed by atoms with Crippen molar-refractivity contribution in [1.29, 1.82) is 5.26 Å². The van der Waals surface area contributed by atoms with Gasteiger partial charge < -0.3 is 11.1 Å². The van der Waals surface area contributed by atoms with Crippen molar-refractivity contribution in [3.63, 3.8) is 0 Å². The summed E-state index contributed by atoms with van der Waals surface area (Å²) in [5.74, 6) is -1.81. The molecule has 2 aromatic rings. The van der Waals surface area contributed by atoms with Crippen molar-refractivity contribution in [2.75, 3.05) is 11.1 Å². The van der Waals surface area contributed by atoms with E-state index < -0.39 is 11.6 Å². The third kappa shape index (κ3) is 2.32. The van der Waals surface area contributed by atoms with Gasteiger partial charge in [-0.15, -0.1) is 0 Å². The van der Waals surface area contributed by atoms with E-state index in [2.05, 4.69) is 15.3 Å². The number of nitriles is 1. The lowest BCUT2D eigenvalue weighted by Crippen LogP contribution is -2.03. The molecule has 1 aromatic heterocycles. The second-order valence-electron chi connectivity index (χ2n) is 3.36. The number of nitrogens with zero attached hydrogens (tertiary/aromatic N) is 3. The van der Waals surface area contributed by atoms with Crippen LogP contribution < -0.4 is 11.1 Å². The van der Waals surface area contributed by atoms with Crippen LogP contribution >= 0.6 is 0 Å². The summed E-state index contributed by atoms with van der Waals surface area (Å²) in [6.07, 6.45) is 0.881. The Kier molecular flexibility index (Phi) is 3.02. The number of nitrogen functional groups attached to an aromatic ring is 1. The molecule has 0 unspecified atom stereocenters. The summed E-state index contributed by atoms with van der Waals surface area (Å²) >= 11 is 0. The standard InChI is InChI=1S/C11H7F2N5/c12-7-3-6(4-14)1-2-9(7)17-10-8(13)5-16-11(15)18-10/h1-3,5H,(H3,15,16,17,18). The third-order valence-corrected chi connectivity index (χ3v) is 2.11. The van der Waals surface area contributed by atoms with Crippen molar-refractivity contribution < 1.29 is 8.78 Å². The lowest BCUT2D eigenvalue weighted by Gasteiger charge is -2.07. The van der Waals surface area contributed by atoms with E-state index >= 15 is 0 Å². The lowest BCUT2D eigenvalue weighted by molar-refractivity contribution is 0.616. The number of aromatic nitrogens is 2. The fourth-order valence-corrected chi connectivity index (χ4v) is 1.28. The molecule has 0 atom stereocenters. The van der Waals surface area contributed by atoms with Gasteiger partial charge in [-0.05, 0) is 18.2 Å². The number of hydrogen-bond donors (Lipinski definition) is 2. The van der Waals surface area contributed by atoms with Crippen LogP contribution in [-0.2, 0) is 0 Å². The van der Waals surface area contributed by atoms with Crippen LogP contribution in [0, 0.1) is 23.0 Å². The van der Waals surface area contributed by atoms with Gasteiger partial charge >= 0.3 is 0 Å². The number of halogens is 2. The van der Waals surface area contributed by atoms with E-state index in [4.69, 9.17) is 11.0 Å². The number of hydrogen-bond acceptors (Lipinski definition) is 5. The zero-order valence-electron chi connectivity index (χ0n) is 8.98. The molecule has 0 spiro atoms. The molecule has 0 aliphatic rings. The monoisotopic (exact) mass is 247 g/mol. The summed E-state index contributed by atoms with van der Waals surface area (Å²) in [7, 11) is 0. The Morgan fingerprint density at radius 2 is 2.06 bits per heavy atom. The summed E-state index contributed by atoms with van der Waals surface area (Å²) in [6.45, 7) is 0. The average Bonchev–Trinajstić information content (AvgIpc) is 2.36. The molecule has 5 nitrogen and oxygen atoms in total. The quantitative estimate of drug-likeness (QED) is 0.846. The molecule has 0 radical (unpaired) electrons. The number of nitrogens with two attached hydrogens (primary N) is 1. The zero-order chi connectivity index (χ0) is 13.1. The van der Waals surface area contributed by atoms with Gasteiger partial charge in [0.15, 0.2) is 11.6 Å². The summed E-state index contributed by atoms with van der Waals surface area (Å²) in [6, 6.07) is 5.53. The Bertz CT molecular complexity index is 636. The highest BCUT2D eigenvalue weighted by Crippen LogP contribution is 2.21. The number of benzene rings is 1. The van der Waals surface area contributed by atoms with Gasteiger partial charge in [-0.3, -0.25) is 0 Å². The van der Waals surface area contributed by atoms with Crippen molar-refractivity contribution >= 4 is 17.5 Å². The molecule has 2 rings (SSSR count). The van der Waals surface area contributed by atoms with Gasteiger partial charge in [0.25, 0.3) is 0 Å². The molecule has 7 heteroatoms. The minimum atomic E-state index is -0.757. The number of rotatable bonds is 2. The van der Waals surface area contributed by atoms with Crippen LogP contribution in [0.1, 0.15) is 5.56 Å². The van der Waals surface area contributed by atoms with Crippen LogP contribution in [-0.4, -0.2) is 9.97 Å². The Morgan fingerprint density at radius 3 is 2.72 bits per heavy atom. The molecular formula is C11H7F2N5. The summed E-state index contributed by atoms with van der Waals surface area (Å²) in [5, 5.41) is 11.0. The largest absolute Gasteiger partial charge is 0.368 e. The molecule has 0 amide bonds. The molecule has 0 fully saturated rings. The first kappa shape index (κ1) is 11.7. The Morgan fingerprint density at radius 1 is 1.28 bits per heavy atom. The van der Waals surface area contributed by atoms with Crippen molar-refractivity contribution in [2.24, 2.45) is 0 Å². The van der Waals surface area contributed by atoms with Gasteiger partial charge in [0.2, 0.25) is 5.95 Å². The Hall–Kier alpha value is -2.75. The maximum Gasteiger partial charge on any atom is 0.222 e. The average molecular weight is 247 g/mol. The van der Waals surface area contributed by atoms with E-state index in [1.807, 2.05) is 0 Å². The summed E-state index contributed by atoms with van der Waals surface area (Å²) in [4.78, 5) is 7.05. The van der Waals surface area contributed by atoms with Gasteiger partial charge in [-0.1, -0.05) is 0 Å². The number of anilines is 3. The molecule has 0 saturated carbocycles. The molecular weight excluding hydrogens is 240 g/mol. The molecule has 0 aliphatic carbocycles. The molecule has 0 bridgehead atoms. The third-order valence-electron chi connectivity index (χ3n) is 2.11. The fourth-order valence-electron chi connectivity index (χ4n) is 1.28. The first-order valence-electron chi connectivity index (χ1n) is 4.85. The Labute approximate surface area is 101 Å². The molecule has 0 saturated heterocycles. The minimum Gasteiger partial charge on any atom is -0.368 e. The molecule has 3 N–H and O–H groups in total. The maximum atomic E-state index is 13.5. The fraction of sp³-hybridized carbons (Fsp3) is 0. The van der Waals surface area contributed by atoms with Gasteiger partial charge in [0.1, 0.15) is 5.82 Å². The number of nitrogens with one attached hydrogen (secondary N) is 1. The van der Waals surface area contributed by atoms with Gasteiger partial charge in [0, 0.05) is 0 Å². The van der Waals surface area contributed by atoms with Crippen LogP contribution in [0.2, 0.25) is 0 Å².